The van der Waals surface area contributed by atoms with Crippen LogP contribution in [0.4, 0.5) is 5.69 Å². The Morgan fingerprint density at radius 1 is 1.22 bits per heavy atom. The van der Waals surface area contributed by atoms with Gasteiger partial charge in [-0.25, -0.2) is 0 Å². The smallest absolute Gasteiger partial charge is 0.0343 e. The molecule has 0 spiro atoms. The number of nitrogens with zero attached hydrogens (tertiary/aromatic N) is 1. The molecule has 0 saturated carbocycles. The van der Waals surface area contributed by atoms with E-state index in [1.807, 2.05) is 0 Å². The molecule has 0 aromatic heterocycles. The van der Waals surface area contributed by atoms with E-state index in [1.54, 1.807) is 0 Å². The Bertz CT molecular complexity index is 354. The summed E-state index contributed by atoms with van der Waals surface area (Å²) in [4.78, 5) is 2.55. The van der Waals surface area contributed by atoms with Crippen molar-refractivity contribution >= 4 is 5.69 Å². The molecule has 0 amide bonds. The molecule has 0 aliphatic carbocycles. The van der Waals surface area contributed by atoms with Crippen molar-refractivity contribution in [3.63, 3.8) is 0 Å². The second-order valence-corrected chi connectivity index (χ2v) is 5.79. The van der Waals surface area contributed by atoms with E-state index in [2.05, 4.69) is 48.3 Å². The Kier molecular flexibility index (Phi) is 5.06. The van der Waals surface area contributed by atoms with Crippen molar-refractivity contribution in [1.29, 1.82) is 0 Å². The third-order valence-electron chi connectivity index (χ3n) is 3.58. The maximum absolute atomic E-state index is 3.52. The van der Waals surface area contributed by atoms with Crippen LogP contribution in [-0.4, -0.2) is 24.5 Å². The van der Waals surface area contributed by atoms with Crippen LogP contribution < -0.4 is 5.32 Å². The molecule has 0 bridgehead atoms. The first-order valence-electron chi connectivity index (χ1n) is 7.29. The van der Waals surface area contributed by atoms with Gasteiger partial charge in [-0.1, -0.05) is 26.0 Å². The van der Waals surface area contributed by atoms with Crippen LogP contribution >= 0.6 is 0 Å². The molecular formula is C16H26N2. The molecule has 2 rings (SSSR count). The van der Waals surface area contributed by atoms with E-state index >= 15 is 0 Å². The first-order chi connectivity index (χ1) is 8.74. The number of benzene rings is 1. The fraction of sp³-hybridized carbons (Fsp3) is 0.625. The number of nitrogens with one attached hydrogen (secondary N) is 1. The van der Waals surface area contributed by atoms with Crippen molar-refractivity contribution < 1.29 is 0 Å². The van der Waals surface area contributed by atoms with Gasteiger partial charge in [-0.3, -0.25) is 4.90 Å². The maximum Gasteiger partial charge on any atom is 0.0343 e. The van der Waals surface area contributed by atoms with Crippen LogP contribution in [0, 0.1) is 5.92 Å². The molecule has 1 aromatic rings. The fourth-order valence-corrected chi connectivity index (χ4v) is 2.48. The molecule has 1 heterocycles. The number of rotatable bonds is 6. The first-order valence-corrected chi connectivity index (χ1v) is 7.29. The summed E-state index contributed by atoms with van der Waals surface area (Å²) >= 11 is 0. The van der Waals surface area contributed by atoms with E-state index < -0.39 is 0 Å². The quantitative estimate of drug-likeness (QED) is 0.822. The molecule has 1 saturated heterocycles. The number of likely N-dealkylation sites (tertiary alicyclic amines) is 1. The van der Waals surface area contributed by atoms with Gasteiger partial charge < -0.3 is 5.32 Å². The Labute approximate surface area is 111 Å². The van der Waals surface area contributed by atoms with Crippen molar-refractivity contribution in [2.24, 2.45) is 5.92 Å². The van der Waals surface area contributed by atoms with Crippen LogP contribution in [0.2, 0.25) is 0 Å². The van der Waals surface area contributed by atoms with E-state index in [4.69, 9.17) is 0 Å². The summed E-state index contributed by atoms with van der Waals surface area (Å²) in [6.07, 6.45) is 3.97. The van der Waals surface area contributed by atoms with E-state index in [1.165, 1.54) is 43.6 Å². The summed E-state index contributed by atoms with van der Waals surface area (Å²) in [6.45, 7) is 9.26. The van der Waals surface area contributed by atoms with Crippen LogP contribution in [0.25, 0.3) is 0 Å². The molecule has 0 atom stereocenters. The van der Waals surface area contributed by atoms with Crippen LogP contribution in [0.3, 0.4) is 0 Å². The van der Waals surface area contributed by atoms with Crippen LogP contribution in [0.5, 0.6) is 0 Å². The number of hydrogen-bond donors (Lipinski definition) is 1. The molecule has 100 valence electrons. The standard InChI is InChI=1S/C16H26N2/c1-14(2)8-9-17-16-7-5-6-15(12-16)13-18-10-3-4-11-18/h5-7,12,14,17H,3-4,8-11,13H2,1-2H3. The summed E-state index contributed by atoms with van der Waals surface area (Å²) < 4.78 is 0. The number of hydrogen-bond acceptors (Lipinski definition) is 2. The summed E-state index contributed by atoms with van der Waals surface area (Å²) in [5, 5.41) is 3.52. The lowest BCUT2D eigenvalue weighted by molar-refractivity contribution is 0.331. The average molecular weight is 246 g/mol. The topological polar surface area (TPSA) is 15.3 Å². The Hall–Kier alpha value is -1.02. The molecule has 18 heavy (non-hydrogen) atoms. The minimum Gasteiger partial charge on any atom is -0.385 e. The minimum atomic E-state index is 0.769. The number of anilines is 1. The van der Waals surface area contributed by atoms with Crippen molar-refractivity contribution in [1.82, 2.24) is 4.90 Å². The first kappa shape index (κ1) is 13.4. The lowest BCUT2D eigenvalue weighted by Gasteiger charge is -2.15. The summed E-state index contributed by atoms with van der Waals surface area (Å²) in [5.74, 6) is 0.769. The van der Waals surface area contributed by atoms with E-state index in [9.17, 15) is 0 Å². The maximum atomic E-state index is 3.52. The van der Waals surface area contributed by atoms with Crippen molar-refractivity contribution in [3.8, 4) is 0 Å². The zero-order valence-electron chi connectivity index (χ0n) is 11.8. The minimum absolute atomic E-state index is 0.769. The molecule has 0 radical (unpaired) electrons. The van der Waals surface area contributed by atoms with Gasteiger partial charge in [-0.15, -0.1) is 0 Å². The van der Waals surface area contributed by atoms with Gasteiger partial charge in [0, 0.05) is 18.8 Å². The molecule has 1 aromatic carbocycles. The molecular weight excluding hydrogens is 220 g/mol. The molecule has 0 unspecified atom stereocenters. The van der Waals surface area contributed by atoms with Gasteiger partial charge in [0.25, 0.3) is 0 Å². The molecule has 1 N–H and O–H groups in total. The molecule has 1 aliphatic heterocycles. The van der Waals surface area contributed by atoms with Crippen molar-refractivity contribution in [3.05, 3.63) is 29.8 Å². The van der Waals surface area contributed by atoms with Gasteiger partial charge in [0.2, 0.25) is 0 Å². The Balaban J connectivity index is 1.84. The zero-order valence-corrected chi connectivity index (χ0v) is 11.8. The van der Waals surface area contributed by atoms with Crippen molar-refractivity contribution in [2.75, 3.05) is 25.0 Å². The predicted octanol–water partition coefficient (Wildman–Crippen LogP) is 3.74. The summed E-state index contributed by atoms with van der Waals surface area (Å²) in [5.41, 5.74) is 2.71. The zero-order chi connectivity index (χ0) is 12.8. The van der Waals surface area contributed by atoms with Crippen LogP contribution in [-0.2, 0) is 6.54 Å². The summed E-state index contributed by atoms with van der Waals surface area (Å²) in [6, 6.07) is 8.89. The van der Waals surface area contributed by atoms with E-state index in [0.717, 1.165) is 19.0 Å². The van der Waals surface area contributed by atoms with Gasteiger partial charge in [-0.2, -0.15) is 0 Å². The van der Waals surface area contributed by atoms with Crippen molar-refractivity contribution in [2.45, 2.75) is 39.7 Å². The second kappa shape index (κ2) is 6.79. The fourth-order valence-electron chi connectivity index (χ4n) is 2.48. The summed E-state index contributed by atoms with van der Waals surface area (Å²) in [7, 11) is 0. The highest BCUT2D eigenvalue weighted by Crippen LogP contribution is 2.16. The molecule has 2 heteroatoms. The Morgan fingerprint density at radius 2 is 2.00 bits per heavy atom. The molecule has 1 aliphatic rings. The van der Waals surface area contributed by atoms with Gasteiger partial charge >= 0.3 is 0 Å². The van der Waals surface area contributed by atoms with Gasteiger partial charge in [0.1, 0.15) is 0 Å². The molecule has 1 fully saturated rings. The van der Waals surface area contributed by atoms with Gasteiger partial charge in [-0.05, 0) is 56.0 Å². The Morgan fingerprint density at radius 3 is 2.72 bits per heavy atom. The highest BCUT2D eigenvalue weighted by atomic mass is 15.1. The van der Waals surface area contributed by atoms with Crippen LogP contribution in [0.1, 0.15) is 38.7 Å². The lowest BCUT2D eigenvalue weighted by atomic mass is 10.1. The lowest BCUT2D eigenvalue weighted by Crippen LogP contribution is -2.18. The van der Waals surface area contributed by atoms with E-state index in [0.29, 0.717) is 0 Å². The highest BCUT2D eigenvalue weighted by molar-refractivity contribution is 5.45. The monoisotopic (exact) mass is 246 g/mol. The third-order valence-corrected chi connectivity index (χ3v) is 3.58. The van der Waals surface area contributed by atoms with E-state index in [-0.39, 0.29) is 0 Å². The third kappa shape index (κ3) is 4.34. The van der Waals surface area contributed by atoms with Gasteiger partial charge in [0.15, 0.2) is 0 Å². The van der Waals surface area contributed by atoms with Gasteiger partial charge in [0.05, 0.1) is 0 Å². The second-order valence-electron chi connectivity index (χ2n) is 5.79. The average Bonchev–Trinajstić information content (AvgIpc) is 2.82. The normalized spacial score (nSPS) is 16.4. The SMILES string of the molecule is CC(C)CCNc1cccc(CN2CCCC2)c1. The predicted molar refractivity (Wildman–Crippen MR) is 78.9 cm³/mol. The highest BCUT2D eigenvalue weighted by Gasteiger charge is 2.11. The largest absolute Gasteiger partial charge is 0.385 e. The van der Waals surface area contributed by atoms with Crippen LogP contribution in [0.15, 0.2) is 24.3 Å². The molecule has 2 nitrogen and oxygen atoms in total.